The van der Waals surface area contributed by atoms with E-state index >= 15 is 0 Å². The van der Waals surface area contributed by atoms with Crippen molar-refractivity contribution < 1.29 is 4.74 Å². The maximum Gasteiger partial charge on any atom is 0.122 e. The zero-order valence-electron chi connectivity index (χ0n) is 13.2. The van der Waals surface area contributed by atoms with E-state index in [0.29, 0.717) is 11.5 Å². The Morgan fingerprint density at radius 1 is 1.20 bits per heavy atom. The molecule has 1 atom stereocenters. The summed E-state index contributed by atoms with van der Waals surface area (Å²) in [6.07, 6.45) is 7.77. The van der Waals surface area contributed by atoms with E-state index in [1.54, 1.807) is 7.11 Å². The van der Waals surface area contributed by atoms with Crippen LogP contribution < -0.4 is 10.1 Å². The number of rotatable bonds is 5. The van der Waals surface area contributed by atoms with Gasteiger partial charge in [0.25, 0.3) is 0 Å². The van der Waals surface area contributed by atoms with Crippen molar-refractivity contribution in [2.75, 3.05) is 13.7 Å². The average molecular weight is 275 g/mol. The van der Waals surface area contributed by atoms with Crippen LogP contribution in [0.2, 0.25) is 0 Å². The molecule has 1 aliphatic carbocycles. The molecular weight excluding hydrogens is 246 g/mol. The van der Waals surface area contributed by atoms with Crippen molar-refractivity contribution in [1.82, 2.24) is 5.32 Å². The summed E-state index contributed by atoms with van der Waals surface area (Å²) < 4.78 is 5.41. The van der Waals surface area contributed by atoms with Gasteiger partial charge in [-0.3, -0.25) is 0 Å². The molecule has 2 nitrogen and oxygen atoms in total. The number of nitrogens with one attached hydrogen (secondary N) is 1. The molecule has 0 heterocycles. The van der Waals surface area contributed by atoms with E-state index in [1.165, 1.54) is 37.7 Å². The lowest BCUT2D eigenvalue weighted by Crippen LogP contribution is -2.30. The Morgan fingerprint density at radius 3 is 2.80 bits per heavy atom. The highest BCUT2D eigenvalue weighted by atomic mass is 16.5. The van der Waals surface area contributed by atoms with E-state index in [4.69, 9.17) is 4.74 Å². The maximum atomic E-state index is 5.41. The van der Waals surface area contributed by atoms with E-state index in [9.17, 15) is 0 Å². The minimum absolute atomic E-state index is 0.541. The molecule has 112 valence electrons. The summed E-state index contributed by atoms with van der Waals surface area (Å²) in [7, 11) is 1.75. The number of methoxy groups -OCH3 is 1. The Morgan fingerprint density at radius 2 is 2.00 bits per heavy atom. The molecule has 0 aliphatic heterocycles. The van der Waals surface area contributed by atoms with Gasteiger partial charge in [0, 0.05) is 6.04 Å². The third kappa shape index (κ3) is 4.52. The molecule has 20 heavy (non-hydrogen) atoms. The minimum atomic E-state index is 0.541. The van der Waals surface area contributed by atoms with Crippen LogP contribution in [-0.2, 0) is 6.42 Å². The van der Waals surface area contributed by atoms with Gasteiger partial charge in [0.2, 0.25) is 0 Å². The first-order valence-corrected chi connectivity index (χ1v) is 7.96. The first-order chi connectivity index (χ1) is 9.61. The van der Waals surface area contributed by atoms with Crippen LogP contribution in [-0.4, -0.2) is 19.7 Å². The van der Waals surface area contributed by atoms with E-state index < -0.39 is 0 Å². The van der Waals surface area contributed by atoms with Gasteiger partial charge in [0.15, 0.2) is 0 Å². The third-order valence-electron chi connectivity index (χ3n) is 4.60. The molecule has 1 aromatic rings. The van der Waals surface area contributed by atoms with Crippen LogP contribution in [0.3, 0.4) is 0 Å². The van der Waals surface area contributed by atoms with E-state index in [-0.39, 0.29) is 0 Å². The van der Waals surface area contributed by atoms with Crippen LogP contribution in [0.25, 0.3) is 0 Å². The lowest BCUT2D eigenvalue weighted by atomic mass is 9.85. The van der Waals surface area contributed by atoms with Gasteiger partial charge >= 0.3 is 0 Å². The molecule has 0 spiro atoms. The number of ether oxygens (including phenoxy) is 1. The van der Waals surface area contributed by atoms with E-state index in [2.05, 4.69) is 31.3 Å². The van der Waals surface area contributed by atoms with Gasteiger partial charge in [-0.05, 0) is 55.7 Å². The van der Waals surface area contributed by atoms with Crippen LogP contribution in [0, 0.1) is 5.41 Å². The molecule has 0 saturated heterocycles. The molecule has 1 fully saturated rings. The molecule has 0 bridgehead atoms. The second kappa shape index (κ2) is 7.12. The number of para-hydroxylation sites is 1. The first kappa shape index (κ1) is 15.4. The number of hydrogen-bond donors (Lipinski definition) is 1. The van der Waals surface area contributed by atoms with Gasteiger partial charge in [-0.1, -0.05) is 38.5 Å². The van der Waals surface area contributed by atoms with Crippen molar-refractivity contribution >= 4 is 0 Å². The largest absolute Gasteiger partial charge is 0.496 e. The molecule has 1 N–H and O–H groups in total. The summed E-state index contributed by atoms with van der Waals surface area (Å²) in [4.78, 5) is 0. The predicted molar refractivity (Wildman–Crippen MR) is 85.4 cm³/mol. The molecule has 1 unspecified atom stereocenters. The molecule has 2 rings (SSSR count). The van der Waals surface area contributed by atoms with Crippen molar-refractivity contribution in [2.24, 2.45) is 5.41 Å². The second-order valence-corrected chi connectivity index (χ2v) is 6.81. The fraction of sp³-hybridized carbons (Fsp3) is 0.667. The van der Waals surface area contributed by atoms with Crippen LogP contribution in [0.1, 0.15) is 51.5 Å². The van der Waals surface area contributed by atoms with Crippen molar-refractivity contribution in [3.8, 4) is 5.75 Å². The Bertz CT molecular complexity index is 414. The van der Waals surface area contributed by atoms with Gasteiger partial charge in [-0.25, -0.2) is 0 Å². The number of hydrogen-bond acceptors (Lipinski definition) is 2. The lowest BCUT2D eigenvalue weighted by molar-refractivity contribution is 0.310. The lowest BCUT2D eigenvalue weighted by Gasteiger charge is -2.22. The van der Waals surface area contributed by atoms with Crippen molar-refractivity contribution in [1.29, 1.82) is 0 Å². The number of benzene rings is 1. The average Bonchev–Trinajstić information content (AvgIpc) is 2.61. The SMILES string of the molecule is COc1ccccc1CCNC1CCCC(C)(C)CC1. The van der Waals surface area contributed by atoms with E-state index in [0.717, 1.165) is 18.7 Å². The molecule has 2 heteroatoms. The molecule has 1 aliphatic rings. The maximum absolute atomic E-state index is 5.41. The highest BCUT2D eigenvalue weighted by molar-refractivity contribution is 5.33. The van der Waals surface area contributed by atoms with Crippen LogP contribution >= 0.6 is 0 Å². The zero-order valence-corrected chi connectivity index (χ0v) is 13.2. The second-order valence-electron chi connectivity index (χ2n) is 6.81. The Balaban J connectivity index is 1.78. The fourth-order valence-corrected chi connectivity index (χ4v) is 3.19. The molecule has 0 aromatic heterocycles. The Kier molecular flexibility index (Phi) is 5.47. The molecule has 0 amide bonds. The van der Waals surface area contributed by atoms with Crippen molar-refractivity contribution in [2.45, 2.75) is 58.4 Å². The summed E-state index contributed by atoms with van der Waals surface area (Å²) in [5.41, 5.74) is 1.84. The highest BCUT2D eigenvalue weighted by Crippen LogP contribution is 2.33. The molecule has 0 radical (unpaired) electrons. The molecule has 1 saturated carbocycles. The monoisotopic (exact) mass is 275 g/mol. The first-order valence-electron chi connectivity index (χ1n) is 7.96. The normalized spacial score (nSPS) is 22.2. The van der Waals surface area contributed by atoms with Crippen LogP contribution in [0.5, 0.6) is 5.75 Å². The molecular formula is C18H29NO. The molecule has 1 aromatic carbocycles. The summed E-state index contributed by atoms with van der Waals surface area (Å²) >= 11 is 0. The standard InChI is InChI=1S/C18H29NO/c1-18(2)12-6-8-16(10-13-18)19-14-11-15-7-4-5-9-17(15)20-3/h4-5,7,9,16,19H,6,8,10-14H2,1-3H3. The summed E-state index contributed by atoms with van der Waals surface area (Å²) in [6, 6.07) is 9.03. The summed E-state index contributed by atoms with van der Waals surface area (Å²) in [5, 5.41) is 3.74. The van der Waals surface area contributed by atoms with Crippen molar-refractivity contribution in [3.05, 3.63) is 29.8 Å². The summed E-state index contributed by atoms with van der Waals surface area (Å²) in [6.45, 7) is 5.86. The topological polar surface area (TPSA) is 21.3 Å². The van der Waals surface area contributed by atoms with Crippen LogP contribution in [0.15, 0.2) is 24.3 Å². The highest BCUT2D eigenvalue weighted by Gasteiger charge is 2.23. The minimum Gasteiger partial charge on any atom is -0.496 e. The Hall–Kier alpha value is -1.02. The summed E-state index contributed by atoms with van der Waals surface area (Å²) in [5.74, 6) is 1.01. The quantitative estimate of drug-likeness (QED) is 0.814. The fourth-order valence-electron chi connectivity index (χ4n) is 3.19. The Labute approximate surface area is 123 Å². The predicted octanol–water partition coefficient (Wildman–Crippen LogP) is 4.19. The van der Waals surface area contributed by atoms with Gasteiger partial charge in [-0.2, -0.15) is 0 Å². The van der Waals surface area contributed by atoms with Crippen molar-refractivity contribution in [3.63, 3.8) is 0 Å². The van der Waals surface area contributed by atoms with Gasteiger partial charge in [-0.15, -0.1) is 0 Å². The smallest absolute Gasteiger partial charge is 0.122 e. The van der Waals surface area contributed by atoms with E-state index in [1.807, 2.05) is 12.1 Å². The van der Waals surface area contributed by atoms with Gasteiger partial charge < -0.3 is 10.1 Å². The van der Waals surface area contributed by atoms with Gasteiger partial charge in [0.1, 0.15) is 5.75 Å². The zero-order chi connectivity index (χ0) is 14.4. The van der Waals surface area contributed by atoms with Gasteiger partial charge in [0.05, 0.1) is 7.11 Å². The third-order valence-corrected chi connectivity index (χ3v) is 4.60. The van der Waals surface area contributed by atoms with Crippen LogP contribution in [0.4, 0.5) is 0 Å².